The highest BCUT2D eigenvalue weighted by Crippen LogP contribution is 2.35. The molecule has 0 aromatic heterocycles. The predicted octanol–water partition coefficient (Wildman–Crippen LogP) is 0.420. The van der Waals surface area contributed by atoms with E-state index in [0.717, 1.165) is 19.4 Å². The number of nitrogens with one attached hydrogen (secondary N) is 2. The summed E-state index contributed by atoms with van der Waals surface area (Å²) in [5.74, 6) is 0.0719. The first-order chi connectivity index (χ1) is 10.1. The van der Waals surface area contributed by atoms with Crippen LogP contribution < -0.4 is 10.6 Å². The number of rotatable bonds is 4. The summed E-state index contributed by atoms with van der Waals surface area (Å²) in [6, 6.07) is 0.368. The van der Waals surface area contributed by atoms with Crippen LogP contribution >= 0.6 is 0 Å². The Bertz CT molecular complexity index is 409. The highest BCUT2D eigenvalue weighted by Gasteiger charge is 2.35. The standard InChI is InChI=1S/C15H25N3O3/c1-11(19)16-9-14(20)17-10-15(21)18-8-4-6-12-5-2-3-7-13(12)18/h12-13H,2-10H2,1H3,(H,16,19)(H,17,20). The number of hydrogen-bond acceptors (Lipinski definition) is 3. The molecule has 3 amide bonds. The monoisotopic (exact) mass is 295 g/mol. The zero-order chi connectivity index (χ0) is 15.2. The summed E-state index contributed by atoms with van der Waals surface area (Å²) >= 11 is 0. The van der Waals surface area contributed by atoms with Gasteiger partial charge in [-0.1, -0.05) is 12.8 Å². The van der Waals surface area contributed by atoms with Crippen molar-refractivity contribution < 1.29 is 14.4 Å². The van der Waals surface area contributed by atoms with Crippen LogP contribution in [0.5, 0.6) is 0 Å². The molecule has 6 nitrogen and oxygen atoms in total. The molecule has 1 aliphatic carbocycles. The first kappa shape index (κ1) is 15.8. The maximum Gasteiger partial charge on any atom is 0.242 e. The molecule has 0 bridgehead atoms. The number of carbonyl (C=O) groups excluding carboxylic acids is 3. The van der Waals surface area contributed by atoms with Gasteiger partial charge in [0.1, 0.15) is 0 Å². The highest BCUT2D eigenvalue weighted by atomic mass is 16.2. The van der Waals surface area contributed by atoms with Crippen molar-refractivity contribution in [3.05, 3.63) is 0 Å². The molecule has 2 fully saturated rings. The van der Waals surface area contributed by atoms with Crippen molar-refractivity contribution >= 4 is 17.7 Å². The summed E-state index contributed by atoms with van der Waals surface area (Å²) in [4.78, 5) is 36.5. The molecule has 2 atom stereocenters. The lowest BCUT2D eigenvalue weighted by atomic mass is 9.78. The van der Waals surface area contributed by atoms with Gasteiger partial charge in [0, 0.05) is 19.5 Å². The lowest BCUT2D eigenvalue weighted by Gasteiger charge is -2.44. The zero-order valence-corrected chi connectivity index (χ0v) is 12.7. The molecular formula is C15H25N3O3. The Morgan fingerprint density at radius 2 is 1.71 bits per heavy atom. The average molecular weight is 295 g/mol. The fourth-order valence-corrected chi connectivity index (χ4v) is 3.48. The van der Waals surface area contributed by atoms with E-state index in [9.17, 15) is 14.4 Å². The largest absolute Gasteiger partial charge is 0.347 e. The maximum atomic E-state index is 12.3. The summed E-state index contributed by atoms with van der Waals surface area (Å²) in [6.07, 6.45) is 7.08. The maximum absolute atomic E-state index is 12.3. The Morgan fingerprint density at radius 3 is 2.48 bits per heavy atom. The van der Waals surface area contributed by atoms with Gasteiger partial charge < -0.3 is 15.5 Å². The Morgan fingerprint density at radius 1 is 1.00 bits per heavy atom. The van der Waals surface area contributed by atoms with E-state index in [0.29, 0.717) is 12.0 Å². The fraction of sp³-hybridized carbons (Fsp3) is 0.800. The molecule has 6 heteroatoms. The third-order valence-corrected chi connectivity index (χ3v) is 4.50. The van der Waals surface area contributed by atoms with Crippen LogP contribution in [0.4, 0.5) is 0 Å². The van der Waals surface area contributed by atoms with Crippen LogP contribution in [0, 0.1) is 5.92 Å². The summed E-state index contributed by atoms with van der Waals surface area (Å²) in [5.41, 5.74) is 0. The quantitative estimate of drug-likeness (QED) is 0.789. The van der Waals surface area contributed by atoms with E-state index in [4.69, 9.17) is 0 Å². The van der Waals surface area contributed by atoms with Gasteiger partial charge in [-0.2, -0.15) is 0 Å². The number of hydrogen-bond donors (Lipinski definition) is 2. The Kier molecular flexibility index (Phi) is 5.59. The number of likely N-dealkylation sites (tertiary alicyclic amines) is 1. The molecular weight excluding hydrogens is 270 g/mol. The minimum Gasteiger partial charge on any atom is -0.347 e. The molecule has 1 aliphatic heterocycles. The molecule has 0 aromatic carbocycles. The minimum absolute atomic E-state index is 0.00257. The van der Waals surface area contributed by atoms with Crippen LogP contribution in [0.3, 0.4) is 0 Å². The second-order valence-corrected chi connectivity index (χ2v) is 6.03. The van der Waals surface area contributed by atoms with E-state index >= 15 is 0 Å². The van der Waals surface area contributed by atoms with Gasteiger partial charge in [0.2, 0.25) is 17.7 Å². The summed E-state index contributed by atoms with van der Waals surface area (Å²) in [6.45, 7) is 2.12. The van der Waals surface area contributed by atoms with E-state index in [-0.39, 0.29) is 30.8 Å². The molecule has 0 aromatic rings. The molecule has 0 radical (unpaired) electrons. The van der Waals surface area contributed by atoms with E-state index in [2.05, 4.69) is 10.6 Å². The van der Waals surface area contributed by atoms with Crippen molar-refractivity contribution in [2.24, 2.45) is 5.92 Å². The van der Waals surface area contributed by atoms with Crippen molar-refractivity contribution in [2.45, 2.75) is 51.5 Å². The molecule has 2 unspecified atom stereocenters. The second-order valence-electron chi connectivity index (χ2n) is 6.03. The van der Waals surface area contributed by atoms with Crippen LogP contribution in [0.2, 0.25) is 0 Å². The molecule has 2 aliphatic rings. The van der Waals surface area contributed by atoms with Crippen LogP contribution in [-0.2, 0) is 14.4 Å². The van der Waals surface area contributed by atoms with Crippen molar-refractivity contribution in [3.63, 3.8) is 0 Å². The lowest BCUT2D eigenvalue weighted by Crippen LogP contribution is -2.52. The van der Waals surface area contributed by atoms with Gasteiger partial charge >= 0.3 is 0 Å². The predicted molar refractivity (Wildman–Crippen MR) is 78.4 cm³/mol. The van der Waals surface area contributed by atoms with Gasteiger partial charge in [-0.15, -0.1) is 0 Å². The van der Waals surface area contributed by atoms with Crippen LogP contribution in [0.25, 0.3) is 0 Å². The third-order valence-electron chi connectivity index (χ3n) is 4.50. The zero-order valence-electron chi connectivity index (χ0n) is 12.7. The molecule has 2 rings (SSSR count). The van der Waals surface area contributed by atoms with Gasteiger partial charge in [-0.3, -0.25) is 14.4 Å². The van der Waals surface area contributed by atoms with Crippen LogP contribution in [0.15, 0.2) is 0 Å². The van der Waals surface area contributed by atoms with E-state index in [1.54, 1.807) is 0 Å². The van der Waals surface area contributed by atoms with Crippen molar-refractivity contribution in [3.8, 4) is 0 Å². The smallest absolute Gasteiger partial charge is 0.242 e. The number of carbonyl (C=O) groups is 3. The second kappa shape index (κ2) is 7.43. The minimum atomic E-state index is -0.323. The van der Waals surface area contributed by atoms with Crippen molar-refractivity contribution in [1.29, 1.82) is 0 Å². The van der Waals surface area contributed by atoms with Gasteiger partial charge in [0.05, 0.1) is 13.1 Å². The average Bonchev–Trinajstić information content (AvgIpc) is 2.50. The molecule has 0 spiro atoms. The van der Waals surface area contributed by atoms with Crippen LogP contribution in [0.1, 0.15) is 45.4 Å². The Labute approximate surface area is 125 Å². The van der Waals surface area contributed by atoms with Crippen molar-refractivity contribution in [1.82, 2.24) is 15.5 Å². The number of fused-ring (bicyclic) bond motifs is 1. The first-order valence-electron chi connectivity index (χ1n) is 7.88. The topological polar surface area (TPSA) is 78.5 Å². The van der Waals surface area contributed by atoms with Gasteiger partial charge in [0.15, 0.2) is 0 Å². The molecule has 2 N–H and O–H groups in total. The van der Waals surface area contributed by atoms with E-state index < -0.39 is 0 Å². The Balaban J connectivity index is 1.79. The van der Waals surface area contributed by atoms with Crippen LogP contribution in [-0.4, -0.2) is 48.3 Å². The summed E-state index contributed by atoms with van der Waals surface area (Å²) in [7, 11) is 0. The van der Waals surface area contributed by atoms with Crippen molar-refractivity contribution in [2.75, 3.05) is 19.6 Å². The van der Waals surface area contributed by atoms with Gasteiger partial charge in [-0.05, 0) is 31.6 Å². The van der Waals surface area contributed by atoms with Gasteiger partial charge in [0.25, 0.3) is 0 Å². The third kappa shape index (κ3) is 4.44. The SMILES string of the molecule is CC(=O)NCC(=O)NCC(=O)N1CCCC2CCCCC21. The summed E-state index contributed by atoms with van der Waals surface area (Å²) in [5, 5.41) is 5.00. The Hall–Kier alpha value is -1.59. The highest BCUT2D eigenvalue weighted by molar-refractivity contribution is 5.87. The number of amides is 3. The fourth-order valence-electron chi connectivity index (χ4n) is 3.48. The number of nitrogens with zero attached hydrogens (tertiary/aromatic N) is 1. The summed E-state index contributed by atoms with van der Waals surface area (Å²) < 4.78 is 0. The molecule has 1 heterocycles. The van der Waals surface area contributed by atoms with Gasteiger partial charge in [-0.25, -0.2) is 0 Å². The molecule has 1 saturated carbocycles. The van der Waals surface area contributed by atoms with E-state index in [1.807, 2.05) is 4.90 Å². The molecule has 118 valence electrons. The molecule has 21 heavy (non-hydrogen) atoms. The first-order valence-corrected chi connectivity index (χ1v) is 7.88. The normalized spacial score (nSPS) is 24.9. The van der Waals surface area contributed by atoms with E-state index in [1.165, 1.54) is 32.6 Å². The lowest BCUT2D eigenvalue weighted by molar-refractivity contribution is -0.138. The number of piperidine rings is 1. The molecule has 1 saturated heterocycles.